The number of rotatable bonds is 7. The van der Waals surface area contributed by atoms with E-state index in [1.54, 1.807) is 31.4 Å². The minimum absolute atomic E-state index is 0.246. The van der Waals surface area contributed by atoms with Gasteiger partial charge in [0.15, 0.2) is 0 Å². The lowest BCUT2D eigenvalue weighted by Gasteiger charge is -2.36. The molecule has 0 atom stereocenters. The number of methoxy groups -OCH3 is 1. The molecular weight excluding hydrogens is 386 g/mol. The molecule has 8 heteroatoms. The van der Waals surface area contributed by atoms with Gasteiger partial charge in [-0.1, -0.05) is 11.6 Å². The molecule has 1 N–H and O–H groups in total. The molecular formula is C19H24ClN3O3S. The predicted octanol–water partition coefficient (Wildman–Crippen LogP) is 2.45. The second-order valence-corrected chi connectivity index (χ2v) is 8.58. The third-order valence-electron chi connectivity index (χ3n) is 4.65. The van der Waals surface area contributed by atoms with E-state index < -0.39 is 10.0 Å². The van der Waals surface area contributed by atoms with Crippen molar-refractivity contribution in [1.82, 2.24) is 9.62 Å². The van der Waals surface area contributed by atoms with Crippen molar-refractivity contribution in [2.45, 2.75) is 4.90 Å². The number of piperazine rings is 1. The van der Waals surface area contributed by atoms with E-state index in [1.165, 1.54) is 5.69 Å². The van der Waals surface area contributed by atoms with Crippen molar-refractivity contribution in [2.24, 2.45) is 0 Å². The standard InChI is InChI=1S/C19H24ClN3O3S/c1-26-18-6-8-19(9-7-18)27(24,25)21-10-11-22-12-14-23(15-13-22)17-4-2-16(20)3-5-17/h2-9,21H,10-15H2,1H3. The van der Waals surface area contributed by atoms with Crippen molar-refractivity contribution in [3.63, 3.8) is 0 Å². The van der Waals surface area contributed by atoms with Crippen LogP contribution in [0.4, 0.5) is 5.69 Å². The number of hydrogen-bond donors (Lipinski definition) is 1. The van der Waals surface area contributed by atoms with Gasteiger partial charge in [0.05, 0.1) is 12.0 Å². The number of anilines is 1. The zero-order valence-electron chi connectivity index (χ0n) is 15.3. The Labute approximate surface area is 165 Å². The van der Waals surface area contributed by atoms with Crippen molar-refractivity contribution in [3.05, 3.63) is 53.6 Å². The number of hydrogen-bond acceptors (Lipinski definition) is 5. The van der Waals surface area contributed by atoms with Gasteiger partial charge >= 0.3 is 0 Å². The Balaban J connectivity index is 1.45. The molecule has 1 aliphatic rings. The second-order valence-electron chi connectivity index (χ2n) is 6.38. The summed E-state index contributed by atoms with van der Waals surface area (Å²) in [6.45, 7) is 4.68. The van der Waals surface area contributed by atoms with Gasteiger partial charge in [-0.3, -0.25) is 4.90 Å². The molecule has 0 aromatic heterocycles. The first kappa shape index (κ1) is 19.9. The molecule has 0 radical (unpaired) electrons. The van der Waals surface area contributed by atoms with Gasteiger partial charge in [-0.15, -0.1) is 0 Å². The highest BCUT2D eigenvalue weighted by Gasteiger charge is 2.18. The fraction of sp³-hybridized carbons (Fsp3) is 0.368. The maximum absolute atomic E-state index is 12.3. The quantitative estimate of drug-likeness (QED) is 0.761. The Morgan fingerprint density at radius 1 is 1.00 bits per heavy atom. The van der Waals surface area contributed by atoms with Crippen LogP contribution in [0, 0.1) is 0 Å². The Bertz CT molecular complexity index is 834. The largest absolute Gasteiger partial charge is 0.497 e. The molecule has 1 saturated heterocycles. The number of benzene rings is 2. The van der Waals surface area contributed by atoms with Crippen molar-refractivity contribution in [3.8, 4) is 5.75 Å². The van der Waals surface area contributed by atoms with Crippen LogP contribution in [0.15, 0.2) is 53.4 Å². The van der Waals surface area contributed by atoms with E-state index in [0.29, 0.717) is 18.8 Å². The van der Waals surface area contributed by atoms with Gasteiger partial charge in [0, 0.05) is 50.0 Å². The maximum atomic E-state index is 12.3. The van der Waals surface area contributed by atoms with E-state index in [1.807, 2.05) is 24.3 Å². The summed E-state index contributed by atoms with van der Waals surface area (Å²) in [7, 11) is -1.95. The lowest BCUT2D eigenvalue weighted by atomic mass is 10.2. The summed E-state index contributed by atoms with van der Waals surface area (Å²) in [5, 5.41) is 0.738. The SMILES string of the molecule is COc1ccc(S(=O)(=O)NCCN2CCN(c3ccc(Cl)cc3)CC2)cc1. The third-order valence-corrected chi connectivity index (χ3v) is 6.38. The van der Waals surface area contributed by atoms with Gasteiger partial charge in [-0.05, 0) is 48.5 Å². The minimum atomic E-state index is -3.50. The average Bonchev–Trinajstić information content (AvgIpc) is 2.69. The molecule has 0 saturated carbocycles. The van der Waals surface area contributed by atoms with E-state index in [0.717, 1.165) is 31.2 Å². The first-order valence-corrected chi connectivity index (χ1v) is 10.7. The van der Waals surface area contributed by atoms with Gasteiger partial charge in [0.25, 0.3) is 0 Å². The first-order valence-electron chi connectivity index (χ1n) is 8.84. The Kier molecular flexibility index (Phi) is 6.59. The van der Waals surface area contributed by atoms with Crippen LogP contribution in [-0.2, 0) is 10.0 Å². The lowest BCUT2D eigenvalue weighted by Crippen LogP contribution is -2.48. The Morgan fingerprint density at radius 3 is 2.22 bits per heavy atom. The highest BCUT2D eigenvalue weighted by atomic mass is 35.5. The third kappa shape index (κ3) is 5.35. The van der Waals surface area contributed by atoms with Crippen LogP contribution in [0.5, 0.6) is 5.75 Å². The molecule has 2 aromatic rings. The van der Waals surface area contributed by atoms with Gasteiger partial charge in [-0.2, -0.15) is 0 Å². The van der Waals surface area contributed by atoms with E-state index in [2.05, 4.69) is 14.5 Å². The molecule has 27 heavy (non-hydrogen) atoms. The van der Waals surface area contributed by atoms with Gasteiger partial charge < -0.3 is 9.64 Å². The van der Waals surface area contributed by atoms with Crippen molar-refractivity contribution in [1.29, 1.82) is 0 Å². The first-order chi connectivity index (χ1) is 13.0. The van der Waals surface area contributed by atoms with Crippen molar-refractivity contribution < 1.29 is 13.2 Å². The molecule has 0 aliphatic carbocycles. The summed E-state index contributed by atoms with van der Waals surface area (Å²) in [4.78, 5) is 4.83. The maximum Gasteiger partial charge on any atom is 0.240 e. The van der Waals surface area contributed by atoms with Crippen molar-refractivity contribution in [2.75, 3.05) is 51.3 Å². The van der Waals surface area contributed by atoms with E-state index in [-0.39, 0.29) is 4.90 Å². The molecule has 1 heterocycles. The van der Waals surface area contributed by atoms with Crippen molar-refractivity contribution >= 4 is 27.3 Å². The van der Waals surface area contributed by atoms with E-state index in [4.69, 9.17) is 16.3 Å². The molecule has 2 aromatic carbocycles. The van der Waals surface area contributed by atoms with Crippen LogP contribution < -0.4 is 14.4 Å². The normalized spacial score (nSPS) is 15.7. The average molecular weight is 410 g/mol. The summed E-state index contributed by atoms with van der Waals surface area (Å²) < 4.78 is 32.4. The number of sulfonamides is 1. The van der Waals surface area contributed by atoms with E-state index in [9.17, 15) is 8.42 Å². The molecule has 0 unspecified atom stereocenters. The topological polar surface area (TPSA) is 61.9 Å². The Hall–Kier alpha value is -1.80. The molecule has 0 amide bonds. The van der Waals surface area contributed by atoms with E-state index >= 15 is 0 Å². The smallest absolute Gasteiger partial charge is 0.240 e. The van der Waals surface area contributed by atoms with Crippen LogP contribution in [0.3, 0.4) is 0 Å². The van der Waals surface area contributed by atoms with Crippen LogP contribution in [-0.4, -0.2) is 59.7 Å². The summed E-state index contributed by atoms with van der Waals surface area (Å²) in [6.07, 6.45) is 0. The summed E-state index contributed by atoms with van der Waals surface area (Å²) in [5.41, 5.74) is 1.17. The summed E-state index contributed by atoms with van der Waals surface area (Å²) in [5.74, 6) is 0.632. The minimum Gasteiger partial charge on any atom is -0.497 e. The fourth-order valence-corrected chi connectivity index (χ4v) is 4.20. The predicted molar refractivity (Wildman–Crippen MR) is 108 cm³/mol. The van der Waals surface area contributed by atoms with Gasteiger partial charge in [0.2, 0.25) is 10.0 Å². The molecule has 1 aliphatic heterocycles. The zero-order valence-corrected chi connectivity index (χ0v) is 16.8. The summed E-state index contributed by atoms with van der Waals surface area (Å²) >= 11 is 5.94. The molecule has 1 fully saturated rings. The van der Waals surface area contributed by atoms with Crippen LogP contribution in [0.25, 0.3) is 0 Å². The molecule has 0 bridgehead atoms. The van der Waals surface area contributed by atoms with Crippen LogP contribution in [0.1, 0.15) is 0 Å². The second kappa shape index (κ2) is 8.93. The number of nitrogens with one attached hydrogen (secondary N) is 1. The fourth-order valence-electron chi connectivity index (χ4n) is 3.06. The number of nitrogens with zero attached hydrogens (tertiary/aromatic N) is 2. The van der Waals surface area contributed by atoms with Gasteiger partial charge in [0.1, 0.15) is 5.75 Å². The van der Waals surface area contributed by atoms with Crippen LogP contribution >= 0.6 is 11.6 Å². The highest BCUT2D eigenvalue weighted by molar-refractivity contribution is 7.89. The zero-order chi connectivity index (χ0) is 19.3. The molecule has 0 spiro atoms. The number of halogens is 1. The molecule has 3 rings (SSSR count). The van der Waals surface area contributed by atoms with Gasteiger partial charge in [-0.25, -0.2) is 13.1 Å². The molecule has 146 valence electrons. The number of ether oxygens (including phenoxy) is 1. The Morgan fingerprint density at radius 2 is 1.63 bits per heavy atom. The molecule has 6 nitrogen and oxygen atoms in total. The highest BCUT2D eigenvalue weighted by Crippen LogP contribution is 2.19. The summed E-state index contributed by atoms with van der Waals surface area (Å²) in [6, 6.07) is 14.2. The van der Waals surface area contributed by atoms with Crippen LogP contribution in [0.2, 0.25) is 5.02 Å². The lowest BCUT2D eigenvalue weighted by molar-refractivity contribution is 0.262. The monoisotopic (exact) mass is 409 g/mol.